The fraction of sp³-hybridized carbons (Fsp3) is 0.471. The minimum absolute atomic E-state index is 0.411. The average molecular weight is 299 g/mol. The van der Waals surface area contributed by atoms with E-state index in [1.165, 1.54) is 16.7 Å². The second-order valence-corrected chi connectivity index (χ2v) is 5.93. The Morgan fingerprint density at radius 3 is 2.91 bits per heavy atom. The van der Waals surface area contributed by atoms with Crippen LogP contribution in [0.25, 0.3) is 11.3 Å². The fourth-order valence-corrected chi connectivity index (χ4v) is 4.00. The average Bonchev–Trinajstić information content (AvgIpc) is 3.02. The Bertz CT molecular complexity index is 723. The van der Waals surface area contributed by atoms with E-state index in [-0.39, 0.29) is 0 Å². The van der Waals surface area contributed by atoms with Crippen LogP contribution in [-0.4, -0.2) is 42.4 Å². The molecule has 2 heterocycles. The van der Waals surface area contributed by atoms with Gasteiger partial charge in [0.05, 0.1) is 31.7 Å². The van der Waals surface area contributed by atoms with E-state index in [1.807, 2.05) is 6.20 Å². The van der Waals surface area contributed by atoms with Gasteiger partial charge in [0.25, 0.3) is 0 Å². The van der Waals surface area contributed by atoms with E-state index in [0.717, 1.165) is 48.7 Å². The number of nitrogens with zero attached hydrogens (tertiary/aromatic N) is 2. The first-order valence-electron chi connectivity index (χ1n) is 7.82. The zero-order valence-corrected chi connectivity index (χ0v) is 13.3. The highest BCUT2D eigenvalue weighted by atomic mass is 16.5. The number of likely N-dealkylation sites (N-methyl/N-ethyl adjacent to an activating group) is 1. The maximum absolute atomic E-state index is 5.71. The summed E-state index contributed by atoms with van der Waals surface area (Å²) in [5, 5.41) is 7.43. The number of aromatic nitrogens is 2. The number of hydrogen-bond acceptors (Lipinski definition) is 4. The zero-order valence-electron chi connectivity index (χ0n) is 13.3. The third-order valence-electron chi connectivity index (χ3n) is 5.03. The van der Waals surface area contributed by atoms with Gasteiger partial charge in [0.1, 0.15) is 0 Å². The molecule has 1 unspecified atom stereocenters. The van der Waals surface area contributed by atoms with E-state index in [1.54, 1.807) is 14.2 Å². The SMILES string of the molecule is CCN1CCc2cc(OC)c(OC)c3c2C1Cc1cn[nH]c1-3. The van der Waals surface area contributed by atoms with Crippen LogP contribution in [0, 0.1) is 0 Å². The van der Waals surface area contributed by atoms with Crippen molar-refractivity contribution in [3.63, 3.8) is 0 Å². The number of H-pyrrole nitrogens is 1. The summed E-state index contributed by atoms with van der Waals surface area (Å²) in [7, 11) is 3.41. The van der Waals surface area contributed by atoms with Crippen molar-refractivity contribution in [1.82, 2.24) is 15.1 Å². The van der Waals surface area contributed by atoms with Crippen molar-refractivity contribution in [3.8, 4) is 22.8 Å². The molecule has 2 aliphatic rings. The summed E-state index contributed by atoms with van der Waals surface area (Å²) >= 11 is 0. The molecule has 116 valence electrons. The molecule has 1 atom stereocenters. The highest BCUT2D eigenvalue weighted by Crippen LogP contribution is 2.51. The Labute approximate surface area is 130 Å². The molecule has 1 aliphatic carbocycles. The van der Waals surface area contributed by atoms with Crippen LogP contribution in [0.1, 0.15) is 29.7 Å². The summed E-state index contributed by atoms with van der Waals surface area (Å²) in [6.45, 7) is 4.39. The van der Waals surface area contributed by atoms with Gasteiger partial charge in [-0.1, -0.05) is 6.92 Å². The zero-order chi connectivity index (χ0) is 15.3. The van der Waals surface area contributed by atoms with Crippen molar-refractivity contribution in [2.24, 2.45) is 0 Å². The van der Waals surface area contributed by atoms with Crippen molar-refractivity contribution in [2.45, 2.75) is 25.8 Å². The lowest BCUT2D eigenvalue weighted by molar-refractivity contribution is 0.192. The quantitative estimate of drug-likeness (QED) is 0.946. The molecule has 0 fully saturated rings. The van der Waals surface area contributed by atoms with Gasteiger partial charge in [-0.05, 0) is 42.1 Å². The van der Waals surface area contributed by atoms with Crippen molar-refractivity contribution >= 4 is 0 Å². The molecule has 0 spiro atoms. The van der Waals surface area contributed by atoms with Gasteiger partial charge in [-0.15, -0.1) is 0 Å². The lowest BCUT2D eigenvalue weighted by atomic mass is 9.79. The first kappa shape index (κ1) is 13.6. The number of ether oxygens (including phenoxy) is 2. The first-order valence-corrected chi connectivity index (χ1v) is 7.82. The number of fused-ring (bicyclic) bond motifs is 2. The normalized spacial score (nSPS) is 19.5. The highest BCUT2D eigenvalue weighted by molar-refractivity contribution is 5.81. The van der Waals surface area contributed by atoms with Crippen LogP contribution in [0.4, 0.5) is 0 Å². The Morgan fingerprint density at radius 1 is 1.32 bits per heavy atom. The summed E-state index contributed by atoms with van der Waals surface area (Å²) in [6.07, 6.45) is 4.00. The largest absolute Gasteiger partial charge is 0.493 e. The van der Waals surface area contributed by atoms with Gasteiger partial charge < -0.3 is 9.47 Å². The summed E-state index contributed by atoms with van der Waals surface area (Å²) in [4.78, 5) is 2.55. The Kier molecular flexibility index (Phi) is 3.11. The smallest absolute Gasteiger partial charge is 0.170 e. The van der Waals surface area contributed by atoms with Crippen LogP contribution in [0.15, 0.2) is 12.3 Å². The van der Waals surface area contributed by atoms with Gasteiger partial charge in [0.15, 0.2) is 11.5 Å². The maximum atomic E-state index is 5.71. The number of aromatic amines is 1. The predicted molar refractivity (Wildman–Crippen MR) is 84.5 cm³/mol. The summed E-state index contributed by atoms with van der Waals surface area (Å²) < 4.78 is 11.3. The third-order valence-corrected chi connectivity index (χ3v) is 5.03. The van der Waals surface area contributed by atoms with Crippen LogP contribution in [-0.2, 0) is 12.8 Å². The molecule has 0 saturated heterocycles. The minimum atomic E-state index is 0.411. The second-order valence-electron chi connectivity index (χ2n) is 5.93. The molecular weight excluding hydrogens is 278 g/mol. The van der Waals surface area contributed by atoms with Crippen LogP contribution in [0.5, 0.6) is 11.5 Å². The van der Waals surface area contributed by atoms with Crippen LogP contribution in [0.2, 0.25) is 0 Å². The van der Waals surface area contributed by atoms with Gasteiger partial charge in [-0.2, -0.15) is 5.10 Å². The van der Waals surface area contributed by atoms with E-state index < -0.39 is 0 Å². The van der Waals surface area contributed by atoms with Crippen molar-refractivity contribution in [2.75, 3.05) is 27.3 Å². The number of benzene rings is 1. The summed E-state index contributed by atoms with van der Waals surface area (Å²) in [5.74, 6) is 1.62. The second kappa shape index (κ2) is 5.02. The Hall–Kier alpha value is -2.01. The van der Waals surface area contributed by atoms with E-state index >= 15 is 0 Å². The predicted octanol–water partition coefficient (Wildman–Crippen LogP) is 2.57. The number of nitrogens with one attached hydrogen (secondary N) is 1. The number of rotatable bonds is 3. The minimum Gasteiger partial charge on any atom is -0.493 e. The summed E-state index contributed by atoms with van der Waals surface area (Å²) in [6, 6.07) is 2.56. The van der Waals surface area contributed by atoms with Gasteiger partial charge in [0.2, 0.25) is 0 Å². The molecule has 22 heavy (non-hydrogen) atoms. The Balaban J connectivity index is 2.04. The fourth-order valence-electron chi connectivity index (χ4n) is 4.00. The molecule has 1 aliphatic heterocycles. The lowest BCUT2D eigenvalue weighted by Gasteiger charge is -2.40. The molecule has 1 aromatic heterocycles. The Morgan fingerprint density at radius 2 is 2.18 bits per heavy atom. The van der Waals surface area contributed by atoms with Gasteiger partial charge in [0, 0.05) is 12.6 Å². The maximum Gasteiger partial charge on any atom is 0.170 e. The van der Waals surface area contributed by atoms with Crippen molar-refractivity contribution < 1.29 is 9.47 Å². The van der Waals surface area contributed by atoms with Crippen molar-refractivity contribution in [1.29, 1.82) is 0 Å². The third kappa shape index (κ3) is 1.72. The van der Waals surface area contributed by atoms with E-state index in [0.29, 0.717) is 6.04 Å². The molecule has 0 bridgehead atoms. The molecule has 5 nitrogen and oxygen atoms in total. The topological polar surface area (TPSA) is 50.4 Å². The molecule has 5 heteroatoms. The molecule has 1 N–H and O–H groups in total. The van der Waals surface area contributed by atoms with Gasteiger partial charge in [-0.25, -0.2) is 0 Å². The molecule has 0 radical (unpaired) electrons. The molecule has 1 aromatic carbocycles. The van der Waals surface area contributed by atoms with Crippen LogP contribution < -0.4 is 9.47 Å². The van der Waals surface area contributed by atoms with E-state index in [4.69, 9.17) is 9.47 Å². The van der Waals surface area contributed by atoms with E-state index in [9.17, 15) is 0 Å². The first-order chi connectivity index (χ1) is 10.8. The van der Waals surface area contributed by atoms with Gasteiger partial charge in [-0.3, -0.25) is 10.00 Å². The molecule has 4 rings (SSSR count). The van der Waals surface area contributed by atoms with Crippen LogP contribution >= 0.6 is 0 Å². The summed E-state index contributed by atoms with van der Waals surface area (Å²) in [5.41, 5.74) is 6.25. The molecule has 0 saturated carbocycles. The molecule has 2 aromatic rings. The number of hydrogen-bond donors (Lipinski definition) is 1. The monoisotopic (exact) mass is 299 g/mol. The van der Waals surface area contributed by atoms with Gasteiger partial charge >= 0.3 is 0 Å². The number of methoxy groups -OCH3 is 2. The van der Waals surface area contributed by atoms with Crippen molar-refractivity contribution in [3.05, 3.63) is 29.0 Å². The standard InChI is InChI=1S/C17H21N3O2/c1-4-20-6-5-10-8-13(21-2)17(22-3)15-14(10)12(20)7-11-9-18-19-16(11)15/h8-9,12H,4-7H2,1-3H3,(H,18,19). The highest BCUT2D eigenvalue weighted by Gasteiger charge is 2.37. The molecule has 0 amide bonds. The molecular formula is C17H21N3O2. The van der Waals surface area contributed by atoms with Crippen LogP contribution in [0.3, 0.4) is 0 Å². The van der Waals surface area contributed by atoms with E-state index in [2.05, 4.69) is 28.1 Å². The lowest BCUT2D eigenvalue weighted by Crippen LogP contribution is -2.38.